The van der Waals surface area contributed by atoms with Crippen molar-refractivity contribution in [3.05, 3.63) is 35.0 Å². The van der Waals surface area contributed by atoms with Gasteiger partial charge in [-0.1, -0.05) is 11.6 Å². The van der Waals surface area contributed by atoms with Gasteiger partial charge in [-0.05, 0) is 37.6 Å². The molecular formula is C17H18ClNO6S. The van der Waals surface area contributed by atoms with E-state index in [1.807, 2.05) is 0 Å². The minimum absolute atomic E-state index is 0.0263. The second-order valence-electron chi connectivity index (χ2n) is 6.11. The van der Waals surface area contributed by atoms with Crippen LogP contribution >= 0.6 is 11.6 Å². The quantitative estimate of drug-likeness (QED) is 0.716. The first kappa shape index (κ1) is 18.7. The maximum absolute atomic E-state index is 12.3. The molecule has 140 valence electrons. The minimum atomic E-state index is -3.10. The van der Waals surface area contributed by atoms with Crippen molar-refractivity contribution in [2.75, 3.05) is 24.7 Å². The van der Waals surface area contributed by atoms with Gasteiger partial charge in [0, 0.05) is 23.0 Å². The average molecular weight is 400 g/mol. The van der Waals surface area contributed by atoms with Gasteiger partial charge in [0.05, 0.1) is 11.5 Å². The summed E-state index contributed by atoms with van der Waals surface area (Å²) in [5.74, 6) is -1.20. The topological polar surface area (TPSA) is 93.9 Å². The SMILES string of the molecule is CCN(C(=O)COC(=O)c1cc2cc(Cl)ccc2o1)[C@@H]1CCS(=O)(=O)C1. The number of nitrogens with zero attached hydrogens (tertiary/aromatic N) is 1. The fraction of sp³-hybridized carbons (Fsp3) is 0.412. The van der Waals surface area contributed by atoms with E-state index in [4.69, 9.17) is 20.8 Å². The summed E-state index contributed by atoms with van der Waals surface area (Å²) in [5.41, 5.74) is 0.485. The monoisotopic (exact) mass is 399 g/mol. The van der Waals surface area contributed by atoms with Crippen molar-refractivity contribution >= 4 is 44.3 Å². The Hall–Kier alpha value is -2.06. The van der Waals surface area contributed by atoms with Crippen molar-refractivity contribution in [1.29, 1.82) is 0 Å². The van der Waals surface area contributed by atoms with Gasteiger partial charge in [0.25, 0.3) is 5.91 Å². The minimum Gasteiger partial charge on any atom is -0.450 e. The molecule has 0 aliphatic carbocycles. The Morgan fingerprint density at radius 3 is 2.77 bits per heavy atom. The van der Waals surface area contributed by atoms with E-state index in [-0.39, 0.29) is 23.3 Å². The highest BCUT2D eigenvalue weighted by Crippen LogP contribution is 2.23. The zero-order valence-electron chi connectivity index (χ0n) is 14.1. The van der Waals surface area contributed by atoms with Crippen LogP contribution in [0.3, 0.4) is 0 Å². The number of benzene rings is 1. The fourth-order valence-corrected chi connectivity index (χ4v) is 4.97. The van der Waals surface area contributed by atoms with Crippen LogP contribution in [0.5, 0.6) is 0 Å². The second-order valence-corrected chi connectivity index (χ2v) is 8.77. The van der Waals surface area contributed by atoms with E-state index in [2.05, 4.69) is 0 Å². The number of esters is 1. The van der Waals surface area contributed by atoms with Crippen LogP contribution in [0.25, 0.3) is 11.0 Å². The van der Waals surface area contributed by atoms with Crippen LogP contribution in [0.4, 0.5) is 0 Å². The third-order valence-corrected chi connectivity index (χ3v) is 6.30. The number of hydrogen-bond acceptors (Lipinski definition) is 6. The highest BCUT2D eigenvalue weighted by Gasteiger charge is 2.34. The Labute approximate surface area is 155 Å². The summed E-state index contributed by atoms with van der Waals surface area (Å²) < 4.78 is 33.6. The Bertz CT molecular complexity index is 951. The maximum atomic E-state index is 12.3. The van der Waals surface area contributed by atoms with Crippen molar-refractivity contribution in [3.63, 3.8) is 0 Å². The summed E-state index contributed by atoms with van der Waals surface area (Å²) in [4.78, 5) is 25.9. The van der Waals surface area contributed by atoms with Crippen LogP contribution in [-0.2, 0) is 19.4 Å². The number of fused-ring (bicyclic) bond motifs is 1. The van der Waals surface area contributed by atoms with Gasteiger partial charge in [-0.3, -0.25) is 4.79 Å². The van der Waals surface area contributed by atoms with E-state index < -0.39 is 28.3 Å². The van der Waals surface area contributed by atoms with Crippen molar-refractivity contribution in [3.8, 4) is 0 Å². The Morgan fingerprint density at radius 1 is 1.35 bits per heavy atom. The molecule has 2 aromatic rings. The highest BCUT2D eigenvalue weighted by molar-refractivity contribution is 7.91. The van der Waals surface area contributed by atoms with Gasteiger partial charge < -0.3 is 14.1 Å². The lowest BCUT2D eigenvalue weighted by Crippen LogP contribution is -2.43. The second kappa shape index (κ2) is 7.28. The lowest BCUT2D eigenvalue weighted by atomic mass is 10.2. The largest absolute Gasteiger partial charge is 0.450 e. The van der Waals surface area contributed by atoms with E-state index >= 15 is 0 Å². The molecule has 1 aromatic heterocycles. The molecule has 7 nitrogen and oxygen atoms in total. The number of halogens is 1. The number of hydrogen-bond donors (Lipinski definition) is 0. The van der Waals surface area contributed by atoms with Gasteiger partial charge in [-0.15, -0.1) is 0 Å². The molecule has 1 fully saturated rings. The van der Waals surface area contributed by atoms with E-state index in [1.165, 1.54) is 11.0 Å². The zero-order valence-corrected chi connectivity index (χ0v) is 15.7. The number of furan rings is 1. The molecule has 2 heterocycles. The average Bonchev–Trinajstić information content (AvgIpc) is 3.16. The lowest BCUT2D eigenvalue weighted by molar-refractivity contribution is -0.136. The van der Waals surface area contributed by atoms with Crippen molar-refractivity contribution in [2.45, 2.75) is 19.4 Å². The molecule has 1 aliphatic heterocycles. The number of sulfone groups is 1. The number of likely N-dealkylation sites (N-methyl/N-ethyl adjacent to an activating group) is 1. The smallest absolute Gasteiger partial charge is 0.374 e. The molecule has 0 spiro atoms. The number of amides is 1. The number of rotatable bonds is 5. The third-order valence-electron chi connectivity index (χ3n) is 4.32. The van der Waals surface area contributed by atoms with E-state index in [0.717, 1.165) is 0 Å². The molecule has 0 radical (unpaired) electrons. The van der Waals surface area contributed by atoms with Gasteiger partial charge >= 0.3 is 5.97 Å². The first-order valence-electron chi connectivity index (χ1n) is 8.15. The molecule has 0 unspecified atom stereocenters. The van der Waals surface area contributed by atoms with Crippen molar-refractivity contribution in [2.24, 2.45) is 0 Å². The predicted octanol–water partition coefficient (Wildman–Crippen LogP) is 2.28. The summed E-state index contributed by atoms with van der Waals surface area (Å²) >= 11 is 5.89. The third kappa shape index (κ3) is 4.02. The van der Waals surface area contributed by atoms with Crippen LogP contribution in [-0.4, -0.2) is 55.9 Å². The molecule has 1 saturated heterocycles. The number of carbonyl (C=O) groups is 2. The molecule has 0 bridgehead atoms. The fourth-order valence-electron chi connectivity index (χ4n) is 3.06. The zero-order chi connectivity index (χ0) is 18.9. The summed E-state index contributed by atoms with van der Waals surface area (Å²) in [6.07, 6.45) is 0.403. The normalized spacial score (nSPS) is 18.8. The maximum Gasteiger partial charge on any atom is 0.374 e. The predicted molar refractivity (Wildman–Crippen MR) is 96.0 cm³/mol. The van der Waals surface area contributed by atoms with E-state index in [1.54, 1.807) is 25.1 Å². The summed E-state index contributed by atoms with van der Waals surface area (Å²) in [6, 6.07) is 6.06. The molecule has 1 amide bonds. The molecule has 26 heavy (non-hydrogen) atoms. The van der Waals surface area contributed by atoms with Gasteiger partial charge in [0.15, 0.2) is 16.4 Å². The van der Waals surface area contributed by atoms with Crippen molar-refractivity contribution < 1.29 is 27.2 Å². The molecule has 9 heteroatoms. The van der Waals surface area contributed by atoms with E-state index in [9.17, 15) is 18.0 Å². The van der Waals surface area contributed by atoms with Crippen LogP contribution in [0.2, 0.25) is 5.02 Å². The van der Waals surface area contributed by atoms with Crippen LogP contribution < -0.4 is 0 Å². The molecule has 1 atom stereocenters. The highest BCUT2D eigenvalue weighted by atomic mass is 35.5. The molecular weight excluding hydrogens is 382 g/mol. The van der Waals surface area contributed by atoms with Gasteiger partial charge in [-0.25, -0.2) is 13.2 Å². The van der Waals surface area contributed by atoms with Gasteiger partial charge in [0.2, 0.25) is 5.76 Å². The first-order valence-corrected chi connectivity index (χ1v) is 10.3. The standard InChI is InChI=1S/C17H18ClNO6S/c1-2-19(13-5-6-26(22,23)10-13)16(20)9-24-17(21)15-8-11-7-12(18)3-4-14(11)25-15/h3-4,7-8,13H,2,5-6,9-10H2,1H3/t13-/m1/s1. The lowest BCUT2D eigenvalue weighted by Gasteiger charge is -2.26. The van der Waals surface area contributed by atoms with Gasteiger partial charge in [-0.2, -0.15) is 0 Å². The summed E-state index contributed by atoms with van der Waals surface area (Å²) in [6.45, 7) is 1.63. The summed E-state index contributed by atoms with van der Waals surface area (Å²) in [7, 11) is -3.10. The van der Waals surface area contributed by atoms with Crippen LogP contribution in [0, 0.1) is 0 Å². The van der Waals surface area contributed by atoms with Crippen LogP contribution in [0.1, 0.15) is 23.9 Å². The molecule has 0 saturated carbocycles. The molecule has 1 aliphatic rings. The molecule has 1 aromatic carbocycles. The van der Waals surface area contributed by atoms with Gasteiger partial charge in [0.1, 0.15) is 5.58 Å². The number of ether oxygens (including phenoxy) is 1. The molecule has 3 rings (SSSR count). The van der Waals surface area contributed by atoms with E-state index in [0.29, 0.717) is 29.0 Å². The van der Waals surface area contributed by atoms with Crippen LogP contribution in [0.15, 0.2) is 28.7 Å². The Balaban J connectivity index is 1.63. The Morgan fingerprint density at radius 2 is 2.12 bits per heavy atom. The molecule has 0 N–H and O–H groups in total. The Kier molecular flexibility index (Phi) is 5.24. The number of carbonyl (C=O) groups excluding carboxylic acids is 2. The first-order chi connectivity index (χ1) is 12.3. The van der Waals surface area contributed by atoms with Crippen molar-refractivity contribution in [1.82, 2.24) is 4.90 Å². The summed E-state index contributed by atoms with van der Waals surface area (Å²) in [5, 5.41) is 1.17.